The van der Waals surface area contributed by atoms with Crippen molar-refractivity contribution in [1.29, 1.82) is 0 Å². The number of aryl methyl sites for hydroxylation is 1. The van der Waals surface area contributed by atoms with Crippen LogP contribution in [0.2, 0.25) is 0 Å². The Morgan fingerprint density at radius 3 is 2.60 bits per heavy atom. The summed E-state index contributed by atoms with van der Waals surface area (Å²) in [7, 11) is 0. The highest BCUT2D eigenvalue weighted by Crippen LogP contribution is 2.30. The fourth-order valence-corrected chi connectivity index (χ4v) is 2.23. The Hall–Kier alpha value is -1.08. The summed E-state index contributed by atoms with van der Waals surface area (Å²) in [5.74, 6) is 0. The molecule has 0 atom stereocenters. The van der Waals surface area contributed by atoms with E-state index in [-0.39, 0.29) is 5.54 Å². The van der Waals surface area contributed by atoms with Crippen molar-refractivity contribution in [3.8, 4) is 0 Å². The van der Waals surface area contributed by atoms with Crippen molar-refractivity contribution in [2.75, 3.05) is 0 Å². The Kier molecular flexibility index (Phi) is 2.43. The van der Waals surface area contributed by atoms with Crippen LogP contribution in [0.5, 0.6) is 0 Å². The molecule has 0 saturated heterocycles. The lowest BCUT2D eigenvalue weighted by Gasteiger charge is -2.27. The van der Waals surface area contributed by atoms with Crippen molar-refractivity contribution in [2.24, 2.45) is 5.73 Å². The standard InChI is InChI=1S/C14H19N/c1-10-5-4-6-11-9-12(14(2,3)15)7-8-13(10)11/h4-6,9H,7-8,15H2,1-3H3. The minimum absolute atomic E-state index is 0.179. The second-order valence-electron chi connectivity index (χ2n) is 5.03. The molecule has 15 heavy (non-hydrogen) atoms. The van der Waals surface area contributed by atoms with E-state index in [1.54, 1.807) is 0 Å². The molecule has 0 aromatic heterocycles. The zero-order chi connectivity index (χ0) is 11.1. The van der Waals surface area contributed by atoms with E-state index < -0.39 is 0 Å². The highest BCUT2D eigenvalue weighted by atomic mass is 14.7. The lowest BCUT2D eigenvalue weighted by atomic mass is 9.82. The average Bonchev–Trinajstić information content (AvgIpc) is 2.16. The van der Waals surface area contributed by atoms with Gasteiger partial charge in [-0.05, 0) is 50.3 Å². The van der Waals surface area contributed by atoms with Crippen LogP contribution in [0.25, 0.3) is 6.08 Å². The Labute approximate surface area is 92.0 Å². The zero-order valence-electron chi connectivity index (χ0n) is 9.80. The molecule has 0 spiro atoms. The molecular weight excluding hydrogens is 182 g/mol. The summed E-state index contributed by atoms with van der Waals surface area (Å²) >= 11 is 0. The van der Waals surface area contributed by atoms with Crippen LogP contribution < -0.4 is 5.73 Å². The highest BCUT2D eigenvalue weighted by molar-refractivity contribution is 5.62. The summed E-state index contributed by atoms with van der Waals surface area (Å²) in [5, 5.41) is 0. The first-order valence-corrected chi connectivity index (χ1v) is 5.57. The molecular formula is C14H19N. The third-order valence-corrected chi connectivity index (χ3v) is 3.25. The molecule has 1 aliphatic rings. The molecule has 2 rings (SSSR count). The van der Waals surface area contributed by atoms with Crippen LogP contribution in [0.15, 0.2) is 23.8 Å². The normalized spacial score (nSPS) is 15.9. The number of nitrogens with two attached hydrogens (primary N) is 1. The molecule has 0 fully saturated rings. The maximum Gasteiger partial charge on any atom is 0.0314 e. The first-order chi connectivity index (χ1) is 6.98. The van der Waals surface area contributed by atoms with Gasteiger partial charge in [0.05, 0.1) is 0 Å². The number of benzene rings is 1. The molecule has 0 saturated carbocycles. The fraction of sp³-hybridized carbons (Fsp3) is 0.429. The Morgan fingerprint density at radius 1 is 1.20 bits per heavy atom. The van der Waals surface area contributed by atoms with Gasteiger partial charge in [-0.25, -0.2) is 0 Å². The van der Waals surface area contributed by atoms with Crippen molar-refractivity contribution < 1.29 is 0 Å². The van der Waals surface area contributed by atoms with E-state index in [1.807, 2.05) is 0 Å². The zero-order valence-corrected chi connectivity index (χ0v) is 9.80. The lowest BCUT2D eigenvalue weighted by Crippen LogP contribution is -2.35. The van der Waals surface area contributed by atoms with Crippen LogP contribution in [-0.4, -0.2) is 5.54 Å². The molecule has 0 unspecified atom stereocenters. The molecule has 0 radical (unpaired) electrons. The van der Waals surface area contributed by atoms with E-state index in [1.165, 1.54) is 22.3 Å². The summed E-state index contributed by atoms with van der Waals surface area (Å²) in [5.41, 5.74) is 11.6. The highest BCUT2D eigenvalue weighted by Gasteiger charge is 2.21. The molecule has 80 valence electrons. The SMILES string of the molecule is Cc1cccc2c1CCC(C(C)(C)N)=C2. The van der Waals surface area contributed by atoms with Gasteiger partial charge in [0, 0.05) is 5.54 Å². The second kappa shape index (κ2) is 3.49. The molecule has 1 nitrogen and oxygen atoms in total. The summed E-state index contributed by atoms with van der Waals surface area (Å²) < 4.78 is 0. The van der Waals surface area contributed by atoms with E-state index in [0.717, 1.165) is 12.8 Å². The Balaban J connectivity index is 2.47. The number of fused-ring (bicyclic) bond motifs is 1. The van der Waals surface area contributed by atoms with E-state index in [0.29, 0.717) is 0 Å². The largest absolute Gasteiger partial charge is 0.322 e. The average molecular weight is 201 g/mol. The summed E-state index contributed by atoms with van der Waals surface area (Å²) in [6, 6.07) is 6.50. The van der Waals surface area contributed by atoms with Gasteiger partial charge < -0.3 is 5.73 Å². The van der Waals surface area contributed by atoms with Crippen molar-refractivity contribution in [2.45, 2.75) is 39.2 Å². The second-order valence-corrected chi connectivity index (χ2v) is 5.03. The quantitative estimate of drug-likeness (QED) is 0.742. The number of rotatable bonds is 1. The van der Waals surface area contributed by atoms with Gasteiger partial charge in [-0.15, -0.1) is 0 Å². The van der Waals surface area contributed by atoms with Gasteiger partial charge in [0.25, 0.3) is 0 Å². The van der Waals surface area contributed by atoms with Gasteiger partial charge in [-0.2, -0.15) is 0 Å². The lowest BCUT2D eigenvalue weighted by molar-refractivity contribution is 0.583. The topological polar surface area (TPSA) is 26.0 Å². The first kappa shape index (κ1) is 10.4. The third kappa shape index (κ3) is 1.98. The molecule has 1 aromatic rings. The van der Waals surface area contributed by atoms with Crippen LogP contribution in [0, 0.1) is 6.92 Å². The van der Waals surface area contributed by atoms with Gasteiger partial charge in [-0.3, -0.25) is 0 Å². The van der Waals surface area contributed by atoms with Gasteiger partial charge in [-0.1, -0.05) is 29.8 Å². The van der Waals surface area contributed by atoms with Crippen LogP contribution in [0.4, 0.5) is 0 Å². The number of hydrogen-bond acceptors (Lipinski definition) is 1. The van der Waals surface area contributed by atoms with Crippen LogP contribution in [-0.2, 0) is 6.42 Å². The minimum atomic E-state index is -0.179. The Bertz CT molecular complexity index is 408. The van der Waals surface area contributed by atoms with Crippen molar-refractivity contribution in [1.82, 2.24) is 0 Å². The summed E-state index contributed by atoms with van der Waals surface area (Å²) in [4.78, 5) is 0. The molecule has 1 heteroatoms. The monoisotopic (exact) mass is 201 g/mol. The summed E-state index contributed by atoms with van der Waals surface area (Å²) in [6.45, 7) is 6.35. The minimum Gasteiger partial charge on any atom is -0.322 e. The van der Waals surface area contributed by atoms with E-state index in [9.17, 15) is 0 Å². The van der Waals surface area contributed by atoms with Gasteiger partial charge >= 0.3 is 0 Å². The molecule has 0 aliphatic heterocycles. The van der Waals surface area contributed by atoms with Gasteiger partial charge in [0.2, 0.25) is 0 Å². The predicted octanol–water partition coefficient (Wildman–Crippen LogP) is 3.06. The van der Waals surface area contributed by atoms with Gasteiger partial charge in [0.15, 0.2) is 0 Å². The van der Waals surface area contributed by atoms with Crippen LogP contribution >= 0.6 is 0 Å². The maximum atomic E-state index is 6.14. The predicted molar refractivity (Wildman–Crippen MR) is 65.7 cm³/mol. The first-order valence-electron chi connectivity index (χ1n) is 5.57. The molecule has 0 amide bonds. The van der Waals surface area contributed by atoms with E-state index in [4.69, 9.17) is 5.73 Å². The molecule has 2 N–H and O–H groups in total. The third-order valence-electron chi connectivity index (χ3n) is 3.25. The molecule has 1 aliphatic carbocycles. The molecule has 0 bridgehead atoms. The van der Waals surface area contributed by atoms with Crippen LogP contribution in [0.3, 0.4) is 0 Å². The number of hydrogen-bond donors (Lipinski definition) is 1. The van der Waals surface area contributed by atoms with E-state index in [2.05, 4.69) is 45.0 Å². The summed E-state index contributed by atoms with van der Waals surface area (Å²) in [6.07, 6.45) is 4.50. The smallest absolute Gasteiger partial charge is 0.0314 e. The van der Waals surface area contributed by atoms with Crippen molar-refractivity contribution >= 4 is 6.08 Å². The fourth-order valence-electron chi connectivity index (χ4n) is 2.23. The van der Waals surface area contributed by atoms with Crippen molar-refractivity contribution in [3.63, 3.8) is 0 Å². The maximum absolute atomic E-state index is 6.14. The molecule has 0 heterocycles. The Morgan fingerprint density at radius 2 is 1.93 bits per heavy atom. The molecule has 1 aromatic carbocycles. The van der Waals surface area contributed by atoms with Crippen LogP contribution in [0.1, 0.15) is 37.0 Å². The van der Waals surface area contributed by atoms with E-state index >= 15 is 0 Å². The van der Waals surface area contributed by atoms with Crippen molar-refractivity contribution in [3.05, 3.63) is 40.5 Å². The van der Waals surface area contributed by atoms with Gasteiger partial charge in [0.1, 0.15) is 0 Å².